The van der Waals surface area contributed by atoms with Crippen molar-refractivity contribution in [3.8, 4) is 17.0 Å². The lowest BCUT2D eigenvalue weighted by atomic mass is 10.1. The van der Waals surface area contributed by atoms with Gasteiger partial charge in [-0.15, -0.1) is 0 Å². The first kappa shape index (κ1) is 20.6. The van der Waals surface area contributed by atoms with Crippen molar-refractivity contribution in [3.63, 3.8) is 0 Å². The van der Waals surface area contributed by atoms with E-state index >= 15 is 0 Å². The maximum Gasteiger partial charge on any atom is 0.250 e. The van der Waals surface area contributed by atoms with Gasteiger partial charge in [0.25, 0.3) is 0 Å². The van der Waals surface area contributed by atoms with E-state index in [0.29, 0.717) is 34.3 Å². The number of nitrogens with zero attached hydrogens (tertiary/aromatic N) is 2. The van der Waals surface area contributed by atoms with Crippen molar-refractivity contribution in [1.82, 2.24) is 9.97 Å². The molecule has 0 saturated heterocycles. The Hall–Kier alpha value is -3.64. The summed E-state index contributed by atoms with van der Waals surface area (Å²) < 4.78 is 11.6. The second-order valence-corrected chi connectivity index (χ2v) is 7.47. The van der Waals surface area contributed by atoms with Crippen LogP contribution >= 0.6 is 11.6 Å². The number of hydrogen-bond donors (Lipinski definition) is 1. The third-order valence-electron chi connectivity index (χ3n) is 4.71. The minimum atomic E-state index is -0.505. The number of carbonyl (C=O) groups is 1. The average molecular weight is 434 g/mol. The van der Waals surface area contributed by atoms with Crippen molar-refractivity contribution in [3.05, 3.63) is 100 Å². The summed E-state index contributed by atoms with van der Waals surface area (Å²) in [4.78, 5) is 19.9. The maximum atomic E-state index is 11.1. The SMILES string of the molecule is Cc1oc(Cc2cccc(Cl)c2)nc1-c1ccc(OCc2ccc(C(N)=O)cn2)cc1. The number of oxazole rings is 1. The van der Waals surface area contributed by atoms with Gasteiger partial charge in [-0.05, 0) is 61.0 Å². The standard InChI is InChI=1S/C24H20ClN3O3/c1-15-23(28-22(31-15)12-16-3-2-4-19(25)11-16)17-6-9-21(10-7-17)30-14-20-8-5-18(13-27-20)24(26)29/h2-11,13H,12,14H2,1H3,(H2,26,29). The first-order chi connectivity index (χ1) is 15.0. The highest BCUT2D eigenvalue weighted by atomic mass is 35.5. The molecular weight excluding hydrogens is 414 g/mol. The van der Waals surface area contributed by atoms with E-state index in [0.717, 1.165) is 22.6 Å². The van der Waals surface area contributed by atoms with Crippen LogP contribution in [0.4, 0.5) is 0 Å². The number of benzene rings is 2. The Labute approximate surface area is 184 Å². The molecule has 0 radical (unpaired) electrons. The number of aromatic nitrogens is 2. The molecule has 0 aliphatic carbocycles. The van der Waals surface area contributed by atoms with Crippen molar-refractivity contribution in [1.29, 1.82) is 0 Å². The molecule has 0 spiro atoms. The van der Waals surface area contributed by atoms with Gasteiger partial charge in [-0.1, -0.05) is 23.7 Å². The predicted octanol–water partition coefficient (Wildman–Crippen LogP) is 4.97. The van der Waals surface area contributed by atoms with Gasteiger partial charge in [0.15, 0.2) is 5.89 Å². The molecule has 4 aromatic rings. The Bertz CT molecular complexity index is 1200. The minimum Gasteiger partial charge on any atom is -0.487 e. The number of rotatable bonds is 7. The molecule has 0 aliphatic rings. The Morgan fingerprint density at radius 1 is 1.13 bits per heavy atom. The molecule has 0 fully saturated rings. The minimum absolute atomic E-state index is 0.283. The number of hydrogen-bond acceptors (Lipinski definition) is 5. The second kappa shape index (κ2) is 9.02. The lowest BCUT2D eigenvalue weighted by molar-refractivity contribution is 0.1000. The van der Waals surface area contributed by atoms with E-state index in [1.165, 1.54) is 6.20 Å². The maximum absolute atomic E-state index is 11.1. The van der Waals surface area contributed by atoms with Gasteiger partial charge in [0, 0.05) is 23.2 Å². The van der Waals surface area contributed by atoms with Gasteiger partial charge in [-0.25, -0.2) is 4.98 Å². The fraction of sp³-hybridized carbons (Fsp3) is 0.125. The summed E-state index contributed by atoms with van der Waals surface area (Å²) >= 11 is 6.06. The van der Waals surface area contributed by atoms with Crippen LogP contribution in [-0.4, -0.2) is 15.9 Å². The van der Waals surface area contributed by atoms with E-state index < -0.39 is 5.91 Å². The lowest BCUT2D eigenvalue weighted by Crippen LogP contribution is -2.11. The molecule has 0 aliphatic heterocycles. The fourth-order valence-corrected chi connectivity index (χ4v) is 3.35. The molecule has 0 bridgehead atoms. The van der Waals surface area contributed by atoms with Crippen LogP contribution in [-0.2, 0) is 13.0 Å². The molecule has 2 heterocycles. The summed E-state index contributed by atoms with van der Waals surface area (Å²) in [5.74, 6) is 1.59. The van der Waals surface area contributed by atoms with Crippen molar-refractivity contribution in [2.24, 2.45) is 5.73 Å². The number of nitrogens with two attached hydrogens (primary N) is 1. The predicted molar refractivity (Wildman–Crippen MR) is 118 cm³/mol. The van der Waals surface area contributed by atoms with Crippen LogP contribution in [0.25, 0.3) is 11.3 Å². The first-order valence-electron chi connectivity index (χ1n) is 9.66. The van der Waals surface area contributed by atoms with Gasteiger partial charge in [0.2, 0.25) is 5.91 Å². The number of primary amides is 1. The Kier molecular flexibility index (Phi) is 6.00. The highest BCUT2D eigenvalue weighted by molar-refractivity contribution is 6.30. The zero-order valence-electron chi connectivity index (χ0n) is 16.8. The summed E-state index contributed by atoms with van der Waals surface area (Å²) in [5, 5.41) is 0.690. The van der Waals surface area contributed by atoms with Gasteiger partial charge < -0.3 is 14.9 Å². The van der Waals surface area contributed by atoms with Gasteiger partial charge in [0.1, 0.15) is 23.8 Å². The lowest BCUT2D eigenvalue weighted by Gasteiger charge is -2.07. The number of halogens is 1. The average Bonchev–Trinajstić information content (AvgIpc) is 3.13. The third-order valence-corrected chi connectivity index (χ3v) is 4.94. The van der Waals surface area contributed by atoms with Crippen LogP contribution < -0.4 is 10.5 Å². The summed E-state index contributed by atoms with van der Waals surface area (Å²) in [7, 11) is 0. The molecule has 2 aromatic carbocycles. The van der Waals surface area contributed by atoms with Crippen LogP contribution in [0.1, 0.15) is 33.3 Å². The molecule has 1 amide bonds. The van der Waals surface area contributed by atoms with Crippen LogP contribution in [0.15, 0.2) is 71.3 Å². The van der Waals surface area contributed by atoms with Gasteiger partial charge in [-0.3, -0.25) is 9.78 Å². The fourth-order valence-electron chi connectivity index (χ4n) is 3.14. The van der Waals surface area contributed by atoms with Crippen LogP contribution in [0.5, 0.6) is 5.75 Å². The molecule has 2 aromatic heterocycles. The second-order valence-electron chi connectivity index (χ2n) is 7.03. The summed E-state index contributed by atoms with van der Waals surface area (Å²) in [6.07, 6.45) is 2.02. The third kappa shape index (κ3) is 5.10. The molecule has 2 N–H and O–H groups in total. The Morgan fingerprint density at radius 3 is 2.61 bits per heavy atom. The Morgan fingerprint density at radius 2 is 1.94 bits per heavy atom. The molecule has 4 rings (SSSR count). The topological polar surface area (TPSA) is 91.2 Å². The van der Waals surface area contributed by atoms with E-state index in [1.54, 1.807) is 12.1 Å². The van der Waals surface area contributed by atoms with Crippen LogP contribution in [0.2, 0.25) is 5.02 Å². The number of aryl methyl sites for hydroxylation is 1. The van der Waals surface area contributed by atoms with Gasteiger partial charge >= 0.3 is 0 Å². The molecule has 6 nitrogen and oxygen atoms in total. The molecule has 0 atom stereocenters. The number of pyridine rings is 1. The summed E-state index contributed by atoms with van der Waals surface area (Å²) in [6.45, 7) is 2.18. The normalized spacial score (nSPS) is 10.8. The van der Waals surface area contributed by atoms with Gasteiger partial charge in [0.05, 0.1) is 11.3 Å². The Balaban J connectivity index is 1.42. The summed E-state index contributed by atoms with van der Waals surface area (Å²) in [6, 6.07) is 18.6. The molecule has 156 valence electrons. The molecule has 7 heteroatoms. The van der Waals surface area contributed by atoms with Crippen molar-refractivity contribution in [2.75, 3.05) is 0 Å². The zero-order valence-corrected chi connectivity index (χ0v) is 17.6. The number of amides is 1. The van der Waals surface area contributed by atoms with E-state index in [2.05, 4.69) is 9.97 Å². The van der Waals surface area contributed by atoms with Crippen LogP contribution in [0, 0.1) is 6.92 Å². The van der Waals surface area contributed by atoms with Crippen molar-refractivity contribution >= 4 is 17.5 Å². The van der Waals surface area contributed by atoms with E-state index in [4.69, 9.17) is 26.5 Å². The molecule has 0 unspecified atom stereocenters. The number of ether oxygens (including phenoxy) is 1. The van der Waals surface area contributed by atoms with E-state index in [9.17, 15) is 4.79 Å². The largest absolute Gasteiger partial charge is 0.487 e. The highest BCUT2D eigenvalue weighted by Gasteiger charge is 2.13. The summed E-state index contributed by atoms with van der Waals surface area (Å²) in [5.41, 5.74) is 9.07. The smallest absolute Gasteiger partial charge is 0.250 e. The van der Waals surface area contributed by atoms with Gasteiger partial charge in [-0.2, -0.15) is 0 Å². The molecule has 0 saturated carbocycles. The van der Waals surface area contributed by atoms with Crippen molar-refractivity contribution < 1.29 is 13.9 Å². The molecular formula is C24H20ClN3O3. The number of carbonyl (C=O) groups excluding carboxylic acids is 1. The quantitative estimate of drug-likeness (QED) is 0.444. The molecule has 31 heavy (non-hydrogen) atoms. The van der Waals surface area contributed by atoms with E-state index in [-0.39, 0.29) is 6.61 Å². The first-order valence-corrected chi connectivity index (χ1v) is 10.0. The highest BCUT2D eigenvalue weighted by Crippen LogP contribution is 2.27. The van der Waals surface area contributed by atoms with Crippen LogP contribution in [0.3, 0.4) is 0 Å². The monoisotopic (exact) mass is 433 g/mol. The van der Waals surface area contributed by atoms with E-state index in [1.807, 2.05) is 55.5 Å². The van der Waals surface area contributed by atoms with Crippen molar-refractivity contribution in [2.45, 2.75) is 20.0 Å². The zero-order chi connectivity index (χ0) is 21.8.